The lowest BCUT2D eigenvalue weighted by Crippen LogP contribution is -2.45. The van der Waals surface area contributed by atoms with Crippen molar-refractivity contribution in [1.29, 1.82) is 0 Å². The molecule has 2 rings (SSSR count). The third kappa shape index (κ3) is 6.02. The Labute approximate surface area is 159 Å². The zero-order valence-electron chi connectivity index (χ0n) is 16.1. The van der Waals surface area contributed by atoms with Crippen LogP contribution in [0, 0.1) is 16.0 Å². The van der Waals surface area contributed by atoms with E-state index in [1.807, 2.05) is 6.92 Å². The molecule has 2 atom stereocenters. The van der Waals surface area contributed by atoms with Gasteiger partial charge in [0, 0.05) is 36.8 Å². The number of nitro benzene ring substituents is 1. The van der Waals surface area contributed by atoms with Crippen LogP contribution in [0.5, 0.6) is 0 Å². The third-order valence-corrected chi connectivity index (χ3v) is 4.55. The number of carbonyl (C=O) groups is 2. The number of hydrogen-bond acceptors (Lipinski definition) is 6. The maximum absolute atomic E-state index is 12.6. The highest BCUT2D eigenvalue weighted by Crippen LogP contribution is 2.19. The van der Waals surface area contributed by atoms with Crippen molar-refractivity contribution < 1.29 is 19.2 Å². The molecule has 1 saturated heterocycles. The molecule has 0 aliphatic carbocycles. The molecule has 1 heterocycles. The largest absolute Gasteiger partial charge is 0.462 e. The summed E-state index contributed by atoms with van der Waals surface area (Å²) >= 11 is 0. The Bertz CT molecular complexity index is 707. The van der Waals surface area contributed by atoms with Crippen LogP contribution in [0.1, 0.15) is 54.3 Å². The minimum Gasteiger partial charge on any atom is -0.462 e. The molecule has 0 aromatic heterocycles. The Morgan fingerprint density at radius 3 is 2.70 bits per heavy atom. The first-order valence-corrected chi connectivity index (χ1v) is 9.30. The average molecular weight is 377 g/mol. The van der Waals surface area contributed by atoms with Gasteiger partial charge in [-0.1, -0.05) is 6.92 Å². The number of hydrogen-bond donors (Lipinski definition) is 1. The van der Waals surface area contributed by atoms with E-state index >= 15 is 0 Å². The molecule has 1 aromatic rings. The van der Waals surface area contributed by atoms with E-state index in [4.69, 9.17) is 4.74 Å². The summed E-state index contributed by atoms with van der Waals surface area (Å²) in [5.41, 5.74) is -0.247. The molecule has 1 aliphatic heterocycles. The summed E-state index contributed by atoms with van der Waals surface area (Å²) in [7, 11) is 0. The first-order valence-electron chi connectivity index (χ1n) is 9.30. The zero-order valence-corrected chi connectivity index (χ0v) is 16.1. The topological polar surface area (TPSA) is 102 Å². The summed E-state index contributed by atoms with van der Waals surface area (Å²) in [5, 5.41) is 14.0. The molecule has 0 radical (unpaired) electrons. The quantitative estimate of drug-likeness (QED) is 0.445. The highest BCUT2D eigenvalue weighted by molar-refractivity contribution is 5.99. The number of non-ortho nitro benzene ring substituents is 1. The van der Waals surface area contributed by atoms with Crippen LogP contribution in [0.15, 0.2) is 18.2 Å². The van der Waals surface area contributed by atoms with Crippen LogP contribution in [0.25, 0.3) is 0 Å². The fourth-order valence-corrected chi connectivity index (χ4v) is 3.37. The number of ether oxygens (including phenoxy) is 1. The van der Waals surface area contributed by atoms with Crippen LogP contribution in [0.2, 0.25) is 0 Å². The molecule has 2 unspecified atom stereocenters. The number of esters is 1. The number of likely N-dealkylation sites (tertiary alicyclic amines) is 1. The Morgan fingerprint density at radius 1 is 1.37 bits per heavy atom. The molecule has 0 bridgehead atoms. The second-order valence-corrected chi connectivity index (χ2v) is 7.13. The Morgan fingerprint density at radius 2 is 2.07 bits per heavy atom. The van der Waals surface area contributed by atoms with E-state index in [1.165, 1.54) is 18.6 Å². The van der Waals surface area contributed by atoms with Crippen LogP contribution >= 0.6 is 0 Å². The molecule has 8 heteroatoms. The van der Waals surface area contributed by atoms with Crippen molar-refractivity contribution in [3.05, 3.63) is 39.4 Å². The van der Waals surface area contributed by atoms with Gasteiger partial charge in [-0.05, 0) is 45.2 Å². The second kappa shape index (κ2) is 9.45. The van der Waals surface area contributed by atoms with Gasteiger partial charge in [0.25, 0.3) is 11.6 Å². The maximum atomic E-state index is 12.6. The van der Waals surface area contributed by atoms with Gasteiger partial charge in [0.2, 0.25) is 0 Å². The fraction of sp³-hybridized carbons (Fsp3) is 0.579. The van der Waals surface area contributed by atoms with Gasteiger partial charge in [-0.3, -0.25) is 14.9 Å². The summed E-state index contributed by atoms with van der Waals surface area (Å²) in [5.74, 6) is -0.488. The highest BCUT2D eigenvalue weighted by Gasteiger charge is 2.22. The summed E-state index contributed by atoms with van der Waals surface area (Å²) in [6.07, 6.45) is 2.37. The molecular weight excluding hydrogens is 350 g/mol. The molecule has 1 aliphatic rings. The number of piperidine rings is 1. The molecular formula is C19H27N3O5. The summed E-state index contributed by atoms with van der Waals surface area (Å²) in [6, 6.07) is 3.50. The molecule has 1 fully saturated rings. The summed E-state index contributed by atoms with van der Waals surface area (Å²) in [4.78, 5) is 37.3. The van der Waals surface area contributed by atoms with Gasteiger partial charge in [0.15, 0.2) is 0 Å². The van der Waals surface area contributed by atoms with Gasteiger partial charge < -0.3 is 15.0 Å². The number of rotatable bonds is 7. The van der Waals surface area contributed by atoms with E-state index in [0.717, 1.165) is 32.1 Å². The standard InChI is InChI=1S/C19H27N3O5/c1-4-27-19(24)16-8-15(9-17(10-16)22(25)26)18(23)20-14(3)12-21-7-5-6-13(2)11-21/h8-10,13-14H,4-7,11-12H2,1-3H3,(H,20,23). The van der Waals surface area contributed by atoms with E-state index in [-0.39, 0.29) is 29.5 Å². The van der Waals surface area contributed by atoms with Crippen molar-refractivity contribution in [3.63, 3.8) is 0 Å². The molecule has 1 amide bonds. The molecule has 27 heavy (non-hydrogen) atoms. The van der Waals surface area contributed by atoms with E-state index in [1.54, 1.807) is 6.92 Å². The Kier molecular flexibility index (Phi) is 7.29. The lowest BCUT2D eigenvalue weighted by molar-refractivity contribution is -0.384. The third-order valence-electron chi connectivity index (χ3n) is 4.55. The number of nitrogens with one attached hydrogen (secondary N) is 1. The maximum Gasteiger partial charge on any atom is 0.338 e. The predicted octanol–water partition coefficient (Wildman–Crippen LogP) is 2.62. The second-order valence-electron chi connectivity index (χ2n) is 7.13. The predicted molar refractivity (Wildman–Crippen MR) is 101 cm³/mol. The van der Waals surface area contributed by atoms with Gasteiger partial charge in [0.05, 0.1) is 17.1 Å². The number of nitro groups is 1. The van der Waals surface area contributed by atoms with E-state index in [9.17, 15) is 19.7 Å². The van der Waals surface area contributed by atoms with Gasteiger partial charge in [0.1, 0.15) is 0 Å². The van der Waals surface area contributed by atoms with Gasteiger partial charge in [-0.25, -0.2) is 4.79 Å². The van der Waals surface area contributed by atoms with Crippen LogP contribution in [-0.2, 0) is 4.74 Å². The van der Waals surface area contributed by atoms with Crippen molar-refractivity contribution in [2.24, 2.45) is 5.92 Å². The lowest BCUT2D eigenvalue weighted by Gasteiger charge is -2.32. The number of carbonyl (C=O) groups excluding carboxylic acids is 2. The Balaban J connectivity index is 2.09. The monoisotopic (exact) mass is 377 g/mol. The number of benzene rings is 1. The SMILES string of the molecule is CCOC(=O)c1cc(C(=O)NC(C)CN2CCCC(C)C2)cc([N+](=O)[O-])c1. The van der Waals surface area contributed by atoms with Gasteiger partial charge >= 0.3 is 5.97 Å². The molecule has 0 spiro atoms. The van der Waals surface area contributed by atoms with Crippen molar-refractivity contribution in [3.8, 4) is 0 Å². The van der Waals surface area contributed by atoms with Crippen LogP contribution in [0.4, 0.5) is 5.69 Å². The minimum atomic E-state index is -0.689. The average Bonchev–Trinajstić information content (AvgIpc) is 2.61. The van der Waals surface area contributed by atoms with Crippen molar-refractivity contribution in [1.82, 2.24) is 10.2 Å². The van der Waals surface area contributed by atoms with Crippen molar-refractivity contribution >= 4 is 17.6 Å². The van der Waals surface area contributed by atoms with E-state index in [2.05, 4.69) is 17.1 Å². The molecule has 1 aromatic carbocycles. The summed E-state index contributed by atoms with van der Waals surface area (Å²) < 4.78 is 4.89. The smallest absolute Gasteiger partial charge is 0.338 e. The molecule has 148 valence electrons. The van der Waals surface area contributed by atoms with E-state index in [0.29, 0.717) is 5.92 Å². The summed E-state index contributed by atoms with van der Waals surface area (Å²) in [6.45, 7) is 8.64. The normalized spacial score (nSPS) is 18.6. The number of amides is 1. The van der Waals surface area contributed by atoms with Crippen LogP contribution in [-0.4, -0.2) is 54.0 Å². The highest BCUT2D eigenvalue weighted by atomic mass is 16.6. The first kappa shape index (κ1) is 20.8. The zero-order chi connectivity index (χ0) is 20.0. The van der Waals surface area contributed by atoms with Crippen LogP contribution < -0.4 is 5.32 Å². The van der Waals surface area contributed by atoms with Gasteiger partial charge in [-0.2, -0.15) is 0 Å². The van der Waals surface area contributed by atoms with Crippen LogP contribution in [0.3, 0.4) is 0 Å². The molecule has 1 N–H and O–H groups in total. The van der Waals surface area contributed by atoms with Gasteiger partial charge in [-0.15, -0.1) is 0 Å². The minimum absolute atomic E-state index is 0.00583. The number of nitrogens with zero attached hydrogens (tertiary/aromatic N) is 2. The van der Waals surface area contributed by atoms with Crippen molar-refractivity contribution in [2.45, 2.75) is 39.7 Å². The fourth-order valence-electron chi connectivity index (χ4n) is 3.37. The Hall–Kier alpha value is -2.48. The van der Waals surface area contributed by atoms with Crippen molar-refractivity contribution in [2.75, 3.05) is 26.2 Å². The molecule has 8 nitrogen and oxygen atoms in total. The lowest BCUT2D eigenvalue weighted by atomic mass is 10.00. The van der Waals surface area contributed by atoms with E-state index < -0.39 is 16.8 Å². The first-order chi connectivity index (χ1) is 12.8. The molecule has 0 saturated carbocycles.